The third kappa shape index (κ3) is 5.08. The van der Waals surface area contributed by atoms with Gasteiger partial charge in [-0.05, 0) is 29.5 Å². The first-order valence-electron chi connectivity index (χ1n) is 11.0. The first-order valence-corrected chi connectivity index (χ1v) is 11.0. The molecule has 0 aliphatic carbocycles. The molecule has 4 rings (SSSR count). The normalized spacial score (nSPS) is 18.2. The number of hydrogen-bond donors (Lipinski definition) is 1. The zero-order valence-corrected chi connectivity index (χ0v) is 18.3. The molecule has 2 aliphatic rings. The summed E-state index contributed by atoms with van der Waals surface area (Å²) in [5.74, 6) is -0.413. The van der Waals surface area contributed by atoms with Crippen molar-refractivity contribution in [2.45, 2.75) is 39.0 Å². The zero-order valence-electron chi connectivity index (χ0n) is 18.3. The Balaban J connectivity index is 1.60. The predicted molar refractivity (Wildman–Crippen MR) is 119 cm³/mol. The van der Waals surface area contributed by atoms with Crippen LogP contribution in [0.3, 0.4) is 0 Å². The largest absolute Gasteiger partial charge is 0.376 e. The van der Waals surface area contributed by atoms with E-state index < -0.39 is 5.91 Å². The van der Waals surface area contributed by atoms with Crippen LogP contribution in [-0.2, 0) is 40.2 Å². The highest BCUT2D eigenvalue weighted by atomic mass is 16.6. The molecular formula is C24H29N3O5. The number of carbonyl (C=O) groups is 2. The molecule has 3 heterocycles. The highest BCUT2D eigenvalue weighted by Gasteiger charge is 2.27. The average Bonchev–Trinajstić information content (AvgIpc) is 2.82. The third-order valence-electron chi connectivity index (χ3n) is 6.00. The molecular weight excluding hydrogens is 410 g/mol. The molecule has 1 fully saturated rings. The fourth-order valence-electron chi connectivity index (χ4n) is 4.22. The van der Waals surface area contributed by atoms with E-state index in [0.29, 0.717) is 52.3 Å². The summed E-state index contributed by atoms with van der Waals surface area (Å²) in [5.41, 5.74) is 2.58. The Bertz CT molecular complexity index is 1030. The van der Waals surface area contributed by atoms with E-state index in [-0.39, 0.29) is 29.7 Å². The number of fused-ring (bicyclic) bond motifs is 1. The van der Waals surface area contributed by atoms with E-state index in [0.717, 1.165) is 16.7 Å². The second-order valence-corrected chi connectivity index (χ2v) is 8.21. The first kappa shape index (κ1) is 22.2. The number of rotatable bonds is 6. The van der Waals surface area contributed by atoms with E-state index >= 15 is 0 Å². The number of ether oxygens (including phenoxy) is 2. The second-order valence-electron chi connectivity index (χ2n) is 8.21. The minimum Gasteiger partial charge on any atom is -0.376 e. The summed E-state index contributed by atoms with van der Waals surface area (Å²) in [6.07, 6.45) is 2.74. The number of amides is 2. The second kappa shape index (κ2) is 10.1. The van der Waals surface area contributed by atoms with Crippen molar-refractivity contribution in [1.82, 2.24) is 14.8 Å². The molecule has 1 unspecified atom stereocenters. The van der Waals surface area contributed by atoms with Gasteiger partial charge in [0.25, 0.3) is 11.5 Å². The van der Waals surface area contributed by atoms with Crippen LogP contribution in [0.1, 0.15) is 34.0 Å². The van der Waals surface area contributed by atoms with E-state index in [4.69, 9.17) is 9.47 Å². The average molecular weight is 440 g/mol. The summed E-state index contributed by atoms with van der Waals surface area (Å²) in [4.78, 5) is 40.1. The summed E-state index contributed by atoms with van der Waals surface area (Å²) in [6, 6.07) is 9.91. The van der Waals surface area contributed by atoms with Crippen molar-refractivity contribution in [3.8, 4) is 0 Å². The van der Waals surface area contributed by atoms with Gasteiger partial charge in [-0.25, -0.2) is 0 Å². The standard InChI is InChI=1S/C24H29N3O5/c1-17(28)26-10-8-21-19(14-26)15-27(9-7-18-5-3-2-4-6-18)24(30)22(21)23(29)25-13-20-16-31-11-12-32-20/h2-6,15,20H,7-14,16H2,1H3,(H,25,29). The van der Waals surface area contributed by atoms with Crippen molar-refractivity contribution in [3.05, 3.63) is 69.1 Å². The lowest BCUT2D eigenvalue weighted by molar-refractivity contribution is -0.129. The van der Waals surface area contributed by atoms with Gasteiger partial charge in [0, 0.05) is 39.3 Å². The van der Waals surface area contributed by atoms with Crippen LogP contribution in [0.15, 0.2) is 41.3 Å². The minimum absolute atomic E-state index is 0.0156. The van der Waals surface area contributed by atoms with Crippen LogP contribution in [-0.4, -0.2) is 60.3 Å². The van der Waals surface area contributed by atoms with Gasteiger partial charge < -0.3 is 24.3 Å². The lowest BCUT2D eigenvalue weighted by atomic mass is 9.95. The lowest BCUT2D eigenvalue weighted by Crippen LogP contribution is -2.44. The zero-order chi connectivity index (χ0) is 22.5. The molecule has 1 N–H and O–H groups in total. The number of nitrogens with zero attached hydrogens (tertiary/aromatic N) is 2. The Labute approximate surface area is 187 Å². The van der Waals surface area contributed by atoms with E-state index in [1.807, 2.05) is 36.5 Å². The van der Waals surface area contributed by atoms with Crippen molar-refractivity contribution in [2.75, 3.05) is 32.9 Å². The number of benzene rings is 1. The van der Waals surface area contributed by atoms with E-state index in [1.54, 1.807) is 9.47 Å². The lowest BCUT2D eigenvalue weighted by Gasteiger charge is -2.30. The quantitative estimate of drug-likeness (QED) is 0.729. The number of nitrogens with one attached hydrogen (secondary N) is 1. The van der Waals surface area contributed by atoms with Crippen molar-refractivity contribution in [2.24, 2.45) is 0 Å². The SMILES string of the molecule is CC(=O)N1CCc2c(cn(CCc3ccccc3)c(=O)c2C(=O)NCC2COCCO2)C1. The monoisotopic (exact) mass is 439 g/mol. The van der Waals surface area contributed by atoms with Crippen LogP contribution < -0.4 is 10.9 Å². The predicted octanol–water partition coefficient (Wildman–Crippen LogP) is 1.14. The summed E-state index contributed by atoms with van der Waals surface area (Å²) in [7, 11) is 0. The third-order valence-corrected chi connectivity index (χ3v) is 6.00. The van der Waals surface area contributed by atoms with Gasteiger partial charge in [0.05, 0.1) is 25.9 Å². The van der Waals surface area contributed by atoms with Gasteiger partial charge in [-0.3, -0.25) is 14.4 Å². The van der Waals surface area contributed by atoms with Gasteiger partial charge in [0.1, 0.15) is 5.56 Å². The first-order chi connectivity index (χ1) is 15.5. The maximum Gasteiger partial charge on any atom is 0.263 e. The summed E-state index contributed by atoms with van der Waals surface area (Å²) in [5, 5.41) is 2.86. The van der Waals surface area contributed by atoms with Crippen LogP contribution in [0.25, 0.3) is 0 Å². The Kier molecular flexibility index (Phi) is 7.02. The number of aromatic nitrogens is 1. The van der Waals surface area contributed by atoms with Gasteiger partial charge >= 0.3 is 0 Å². The molecule has 2 amide bonds. The summed E-state index contributed by atoms with van der Waals surface area (Å²) >= 11 is 0. The number of hydrogen-bond acceptors (Lipinski definition) is 5. The Morgan fingerprint density at radius 3 is 2.72 bits per heavy atom. The van der Waals surface area contributed by atoms with Crippen molar-refractivity contribution in [1.29, 1.82) is 0 Å². The molecule has 0 spiro atoms. The highest BCUT2D eigenvalue weighted by Crippen LogP contribution is 2.21. The number of aryl methyl sites for hydroxylation is 2. The molecule has 32 heavy (non-hydrogen) atoms. The van der Waals surface area contributed by atoms with Crippen molar-refractivity contribution in [3.63, 3.8) is 0 Å². The fraction of sp³-hybridized carbons (Fsp3) is 0.458. The fourth-order valence-corrected chi connectivity index (χ4v) is 4.22. The van der Waals surface area contributed by atoms with Crippen LogP contribution in [0.5, 0.6) is 0 Å². The Morgan fingerprint density at radius 2 is 2.00 bits per heavy atom. The van der Waals surface area contributed by atoms with Gasteiger partial charge in [-0.2, -0.15) is 0 Å². The van der Waals surface area contributed by atoms with Crippen molar-refractivity contribution >= 4 is 11.8 Å². The van der Waals surface area contributed by atoms with Gasteiger partial charge in [0.15, 0.2) is 0 Å². The molecule has 170 valence electrons. The molecule has 0 radical (unpaired) electrons. The summed E-state index contributed by atoms with van der Waals surface area (Å²) in [6.45, 7) is 4.63. The van der Waals surface area contributed by atoms with Crippen molar-refractivity contribution < 1.29 is 19.1 Å². The number of carbonyl (C=O) groups excluding carboxylic acids is 2. The molecule has 2 aromatic rings. The van der Waals surface area contributed by atoms with Crippen LogP contribution in [0, 0.1) is 0 Å². The topological polar surface area (TPSA) is 89.9 Å². The highest BCUT2D eigenvalue weighted by molar-refractivity contribution is 5.95. The van der Waals surface area contributed by atoms with Crippen LogP contribution in [0.4, 0.5) is 0 Å². The van der Waals surface area contributed by atoms with Crippen LogP contribution in [0.2, 0.25) is 0 Å². The molecule has 8 heteroatoms. The van der Waals surface area contributed by atoms with Crippen LogP contribution >= 0.6 is 0 Å². The minimum atomic E-state index is -0.397. The van der Waals surface area contributed by atoms with E-state index in [9.17, 15) is 14.4 Å². The molecule has 0 saturated carbocycles. The smallest absolute Gasteiger partial charge is 0.263 e. The molecule has 1 aromatic heterocycles. The van der Waals surface area contributed by atoms with E-state index in [2.05, 4.69) is 5.32 Å². The summed E-state index contributed by atoms with van der Waals surface area (Å²) < 4.78 is 12.6. The number of pyridine rings is 1. The maximum atomic E-state index is 13.3. The molecule has 1 saturated heterocycles. The van der Waals surface area contributed by atoms with Gasteiger partial charge in [-0.1, -0.05) is 30.3 Å². The van der Waals surface area contributed by atoms with Gasteiger partial charge in [-0.15, -0.1) is 0 Å². The van der Waals surface area contributed by atoms with E-state index in [1.165, 1.54) is 6.92 Å². The molecule has 2 aliphatic heterocycles. The molecule has 1 aromatic carbocycles. The maximum absolute atomic E-state index is 13.3. The Hall–Kier alpha value is -2.97. The van der Waals surface area contributed by atoms with Gasteiger partial charge in [0.2, 0.25) is 5.91 Å². The molecule has 1 atom stereocenters. The Morgan fingerprint density at radius 1 is 1.19 bits per heavy atom. The molecule has 0 bridgehead atoms. The molecule has 8 nitrogen and oxygen atoms in total.